The van der Waals surface area contributed by atoms with Gasteiger partial charge in [-0.3, -0.25) is 4.79 Å². The average Bonchev–Trinajstić information content (AvgIpc) is 2.81. The van der Waals surface area contributed by atoms with Gasteiger partial charge in [0.25, 0.3) is 0 Å². The van der Waals surface area contributed by atoms with Gasteiger partial charge in [-0.2, -0.15) is 0 Å². The minimum Gasteiger partial charge on any atom is -0.491 e. The number of nitrogens with zero attached hydrogens (tertiary/aromatic N) is 1. The quantitative estimate of drug-likeness (QED) is 0.619. The van der Waals surface area contributed by atoms with Crippen LogP contribution in [0.25, 0.3) is 0 Å². The minimum atomic E-state index is -0.499. The molecule has 0 bridgehead atoms. The first kappa shape index (κ1) is 22.6. The summed E-state index contributed by atoms with van der Waals surface area (Å²) in [7, 11) is 0. The van der Waals surface area contributed by atoms with E-state index in [0.717, 1.165) is 5.56 Å². The summed E-state index contributed by atoms with van der Waals surface area (Å²) in [6.45, 7) is 2.25. The van der Waals surface area contributed by atoms with Gasteiger partial charge in [0.15, 0.2) is 0 Å². The molecule has 2 aromatic carbocycles. The summed E-state index contributed by atoms with van der Waals surface area (Å²) in [6, 6.07) is 15.2. The molecule has 1 N–H and O–H groups in total. The molecular formula is C23H27FN2O5. The van der Waals surface area contributed by atoms with Crippen LogP contribution in [0.15, 0.2) is 54.6 Å². The molecule has 1 fully saturated rings. The van der Waals surface area contributed by atoms with E-state index in [1.807, 2.05) is 30.3 Å². The van der Waals surface area contributed by atoms with Gasteiger partial charge in [-0.15, -0.1) is 0 Å². The number of ether oxygens (including phenoxy) is 3. The largest absolute Gasteiger partial charge is 0.491 e. The van der Waals surface area contributed by atoms with Gasteiger partial charge in [-0.1, -0.05) is 30.3 Å². The summed E-state index contributed by atoms with van der Waals surface area (Å²) in [5.74, 6) is 0.241. The molecule has 0 spiro atoms. The Hall–Kier alpha value is -3.13. The van der Waals surface area contributed by atoms with Crippen molar-refractivity contribution in [2.24, 2.45) is 0 Å². The highest BCUT2D eigenvalue weighted by Gasteiger charge is 2.24. The van der Waals surface area contributed by atoms with Crippen molar-refractivity contribution in [2.75, 3.05) is 32.8 Å². The Balaban J connectivity index is 1.29. The lowest BCUT2D eigenvalue weighted by molar-refractivity contribution is -0.140. The van der Waals surface area contributed by atoms with Crippen LogP contribution in [-0.2, 0) is 20.9 Å². The number of rotatable bonds is 9. The predicted octanol–water partition coefficient (Wildman–Crippen LogP) is 3.14. The fraction of sp³-hybridized carbons (Fsp3) is 0.391. The zero-order chi connectivity index (χ0) is 21.9. The molecule has 1 atom stereocenters. The van der Waals surface area contributed by atoms with E-state index in [2.05, 4.69) is 5.32 Å². The number of nitrogens with one attached hydrogen (secondary N) is 1. The van der Waals surface area contributed by atoms with Gasteiger partial charge < -0.3 is 24.4 Å². The first-order valence-corrected chi connectivity index (χ1v) is 10.3. The predicted molar refractivity (Wildman–Crippen MR) is 112 cm³/mol. The van der Waals surface area contributed by atoms with Gasteiger partial charge in [0.2, 0.25) is 5.91 Å². The van der Waals surface area contributed by atoms with E-state index >= 15 is 0 Å². The highest BCUT2D eigenvalue weighted by atomic mass is 19.1. The van der Waals surface area contributed by atoms with Crippen molar-refractivity contribution in [3.8, 4) is 5.75 Å². The van der Waals surface area contributed by atoms with Crippen molar-refractivity contribution in [1.82, 2.24) is 10.2 Å². The summed E-state index contributed by atoms with van der Waals surface area (Å²) in [6.07, 6.45) is 0.104. The molecule has 8 heteroatoms. The summed E-state index contributed by atoms with van der Waals surface area (Å²) in [4.78, 5) is 25.9. The van der Waals surface area contributed by atoms with E-state index in [-0.39, 0.29) is 31.0 Å². The number of hydrogen-bond donors (Lipinski definition) is 1. The van der Waals surface area contributed by atoms with Crippen LogP contribution in [0.4, 0.5) is 9.18 Å². The van der Waals surface area contributed by atoms with Crippen molar-refractivity contribution < 1.29 is 28.2 Å². The molecule has 31 heavy (non-hydrogen) atoms. The van der Waals surface area contributed by atoms with Crippen LogP contribution in [0.2, 0.25) is 0 Å². The Kier molecular flexibility index (Phi) is 8.66. The lowest BCUT2D eigenvalue weighted by atomic mass is 10.2. The summed E-state index contributed by atoms with van der Waals surface area (Å²) in [5, 5.41) is 2.66. The third-order valence-corrected chi connectivity index (χ3v) is 4.79. The topological polar surface area (TPSA) is 77.1 Å². The van der Waals surface area contributed by atoms with Crippen LogP contribution in [0.3, 0.4) is 0 Å². The molecule has 1 saturated heterocycles. The molecule has 2 aromatic rings. The van der Waals surface area contributed by atoms with Gasteiger partial charge >= 0.3 is 6.09 Å². The second-order valence-corrected chi connectivity index (χ2v) is 7.19. The minimum absolute atomic E-state index is 0.00883. The number of halogens is 1. The molecule has 0 aliphatic carbocycles. The van der Waals surface area contributed by atoms with E-state index in [1.54, 1.807) is 17.0 Å². The molecule has 0 radical (unpaired) electrons. The molecular weight excluding hydrogens is 403 g/mol. The van der Waals surface area contributed by atoms with Crippen molar-refractivity contribution in [2.45, 2.75) is 25.6 Å². The number of morpholine rings is 1. The first-order chi connectivity index (χ1) is 15.1. The molecule has 1 unspecified atom stereocenters. The normalized spacial score (nSPS) is 15.9. The number of hydrogen-bond acceptors (Lipinski definition) is 5. The molecule has 1 aliphatic heterocycles. The Labute approximate surface area is 181 Å². The monoisotopic (exact) mass is 430 g/mol. The molecule has 1 aliphatic rings. The molecule has 2 amide bonds. The van der Waals surface area contributed by atoms with Gasteiger partial charge in [-0.25, -0.2) is 9.18 Å². The van der Waals surface area contributed by atoms with E-state index < -0.39 is 6.09 Å². The maximum atomic E-state index is 12.9. The second kappa shape index (κ2) is 11.9. The first-order valence-electron chi connectivity index (χ1n) is 10.3. The average molecular weight is 430 g/mol. The zero-order valence-electron chi connectivity index (χ0n) is 17.3. The van der Waals surface area contributed by atoms with Crippen molar-refractivity contribution in [3.05, 3.63) is 66.0 Å². The van der Waals surface area contributed by atoms with Crippen LogP contribution in [0.1, 0.15) is 18.4 Å². The van der Waals surface area contributed by atoms with Crippen LogP contribution in [0.5, 0.6) is 5.75 Å². The molecule has 7 nitrogen and oxygen atoms in total. The standard InChI is InChI=1S/C23H27FN2O5/c24-19-8-10-20(11-9-19)30-17-21-15-26(13-14-29-21)22(27)7-4-12-25-23(28)31-16-18-5-2-1-3-6-18/h1-3,5-6,8-11,21H,4,7,12-17H2,(H,25,28). The lowest BCUT2D eigenvalue weighted by Gasteiger charge is -2.33. The van der Waals surface area contributed by atoms with Crippen LogP contribution >= 0.6 is 0 Å². The molecule has 3 rings (SSSR count). The fourth-order valence-electron chi connectivity index (χ4n) is 3.13. The van der Waals surface area contributed by atoms with Crippen molar-refractivity contribution in [3.63, 3.8) is 0 Å². The smallest absolute Gasteiger partial charge is 0.407 e. The number of alkyl carbamates (subject to hydrolysis) is 1. The van der Waals surface area contributed by atoms with Crippen molar-refractivity contribution in [1.29, 1.82) is 0 Å². The Morgan fingerprint density at radius 3 is 2.68 bits per heavy atom. The second-order valence-electron chi connectivity index (χ2n) is 7.19. The number of carbonyl (C=O) groups excluding carboxylic acids is 2. The molecule has 166 valence electrons. The molecule has 0 aromatic heterocycles. The molecule has 0 saturated carbocycles. The third-order valence-electron chi connectivity index (χ3n) is 4.79. The fourth-order valence-corrected chi connectivity index (χ4v) is 3.13. The van der Waals surface area contributed by atoms with Gasteiger partial charge in [0.1, 0.15) is 30.9 Å². The van der Waals surface area contributed by atoms with Crippen LogP contribution in [0, 0.1) is 5.82 Å². The number of carbonyl (C=O) groups is 2. The van der Waals surface area contributed by atoms with E-state index in [1.165, 1.54) is 12.1 Å². The SMILES string of the molecule is O=C(NCCCC(=O)N1CCOC(COc2ccc(F)cc2)C1)OCc1ccccc1. The lowest BCUT2D eigenvalue weighted by Crippen LogP contribution is -2.47. The summed E-state index contributed by atoms with van der Waals surface area (Å²) < 4.78 is 29.4. The zero-order valence-corrected chi connectivity index (χ0v) is 17.3. The maximum absolute atomic E-state index is 12.9. The Bertz CT molecular complexity index is 832. The highest BCUT2D eigenvalue weighted by Crippen LogP contribution is 2.14. The van der Waals surface area contributed by atoms with E-state index in [0.29, 0.717) is 44.8 Å². The summed E-state index contributed by atoms with van der Waals surface area (Å²) >= 11 is 0. The third kappa shape index (κ3) is 7.90. The highest BCUT2D eigenvalue weighted by molar-refractivity contribution is 5.76. The van der Waals surface area contributed by atoms with E-state index in [4.69, 9.17) is 14.2 Å². The number of benzene rings is 2. The van der Waals surface area contributed by atoms with Gasteiger partial charge in [-0.05, 0) is 36.2 Å². The number of amides is 2. The van der Waals surface area contributed by atoms with Crippen LogP contribution < -0.4 is 10.1 Å². The molecule has 1 heterocycles. The van der Waals surface area contributed by atoms with Crippen molar-refractivity contribution >= 4 is 12.0 Å². The van der Waals surface area contributed by atoms with E-state index in [9.17, 15) is 14.0 Å². The Morgan fingerprint density at radius 1 is 1.13 bits per heavy atom. The van der Waals surface area contributed by atoms with Crippen LogP contribution in [-0.4, -0.2) is 55.9 Å². The van der Waals surface area contributed by atoms with Gasteiger partial charge in [0.05, 0.1) is 13.2 Å². The Morgan fingerprint density at radius 2 is 1.90 bits per heavy atom. The summed E-state index contributed by atoms with van der Waals surface area (Å²) in [5.41, 5.74) is 0.915. The maximum Gasteiger partial charge on any atom is 0.407 e. The van der Waals surface area contributed by atoms with Gasteiger partial charge in [0, 0.05) is 19.5 Å².